The molecule has 2 rings (SSSR count). The first-order valence-corrected chi connectivity index (χ1v) is 7.14. The summed E-state index contributed by atoms with van der Waals surface area (Å²) in [6, 6.07) is 7.49. The molecule has 0 aliphatic carbocycles. The van der Waals surface area contributed by atoms with Gasteiger partial charge in [0.05, 0.1) is 31.3 Å². The van der Waals surface area contributed by atoms with Crippen LogP contribution in [0.25, 0.3) is 10.6 Å². The summed E-state index contributed by atoms with van der Waals surface area (Å²) in [5.41, 5.74) is 0.760. The molecule has 0 spiro atoms. The van der Waals surface area contributed by atoms with Crippen LogP contribution in [-0.4, -0.2) is 38.2 Å². The Balaban J connectivity index is 2.20. The first-order chi connectivity index (χ1) is 9.58. The number of ether oxygens (including phenoxy) is 1. The maximum absolute atomic E-state index is 10.8. The molecule has 0 amide bonds. The summed E-state index contributed by atoms with van der Waals surface area (Å²) >= 11 is 1.27. The van der Waals surface area contributed by atoms with Crippen LogP contribution in [0.3, 0.4) is 0 Å². The van der Waals surface area contributed by atoms with Crippen LogP contribution in [0.1, 0.15) is 10.5 Å². The van der Waals surface area contributed by atoms with E-state index < -0.39 is 5.97 Å². The predicted octanol–water partition coefficient (Wildman–Crippen LogP) is -0.303. The fourth-order valence-electron chi connectivity index (χ4n) is 1.63. The molecule has 0 radical (unpaired) electrons. The summed E-state index contributed by atoms with van der Waals surface area (Å²) in [5.74, 6) is -0.546. The summed E-state index contributed by atoms with van der Waals surface area (Å²) in [5, 5.41) is 12.9. The van der Waals surface area contributed by atoms with Gasteiger partial charge in [0, 0.05) is 5.38 Å². The largest absolute Gasteiger partial charge is 0.543 e. The van der Waals surface area contributed by atoms with Gasteiger partial charge in [0.1, 0.15) is 23.9 Å². The Morgan fingerprint density at radius 2 is 2.15 bits per heavy atom. The van der Waals surface area contributed by atoms with E-state index in [1.165, 1.54) is 21.6 Å². The Bertz CT molecular complexity index is 596. The number of nitrogens with zero attached hydrogens (tertiary/aromatic N) is 1. The van der Waals surface area contributed by atoms with Crippen LogP contribution in [0.15, 0.2) is 29.6 Å². The van der Waals surface area contributed by atoms with Crippen molar-refractivity contribution in [1.82, 2.24) is 4.98 Å². The van der Waals surface area contributed by atoms with E-state index in [1.54, 1.807) is 0 Å². The van der Waals surface area contributed by atoms with Crippen LogP contribution >= 0.6 is 11.3 Å². The molecule has 0 aliphatic heterocycles. The lowest BCUT2D eigenvalue weighted by atomic mass is 10.2. The molecule has 1 heterocycles. The standard InChI is InChI=1S/C14H16N2O3S/c1-16(2)7-8-19-12-6-4-3-5-10(12)13-15-11(9-20-13)14(17)18/h3-6,9H,7-8H2,1-2H3,(H,17,18). The molecular formula is C14H16N2O3S. The number of carbonyl (C=O) groups excluding carboxylic acids is 1. The molecule has 0 atom stereocenters. The van der Waals surface area contributed by atoms with Gasteiger partial charge in [0.25, 0.3) is 0 Å². The second kappa shape index (κ2) is 6.49. The van der Waals surface area contributed by atoms with Crippen molar-refractivity contribution in [3.05, 3.63) is 35.3 Å². The number of quaternary nitrogens is 1. The van der Waals surface area contributed by atoms with Crippen LogP contribution in [0.5, 0.6) is 5.75 Å². The highest BCUT2D eigenvalue weighted by Crippen LogP contribution is 2.31. The van der Waals surface area contributed by atoms with Crippen molar-refractivity contribution < 1.29 is 19.5 Å². The van der Waals surface area contributed by atoms with E-state index >= 15 is 0 Å². The molecule has 106 valence electrons. The smallest absolute Gasteiger partial charge is 0.137 e. The Labute approximate surface area is 121 Å². The summed E-state index contributed by atoms with van der Waals surface area (Å²) < 4.78 is 5.75. The van der Waals surface area contributed by atoms with E-state index in [-0.39, 0.29) is 5.69 Å². The number of nitrogens with one attached hydrogen (secondary N) is 1. The average Bonchev–Trinajstić information content (AvgIpc) is 2.88. The molecule has 5 nitrogen and oxygen atoms in total. The first kappa shape index (κ1) is 14.5. The second-order valence-electron chi connectivity index (χ2n) is 4.63. The molecule has 0 saturated carbocycles. The minimum Gasteiger partial charge on any atom is -0.543 e. The van der Waals surface area contributed by atoms with Crippen molar-refractivity contribution in [3.8, 4) is 16.3 Å². The van der Waals surface area contributed by atoms with Gasteiger partial charge in [-0.2, -0.15) is 0 Å². The minimum absolute atomic E-state index is 0.0439. The van der Waals surface area contributed by atoms with Crippen molar-refractivity contribution in [2.45, 2.75) is 0 Å². The third-order valence-corrected chi connectivity index (χ3v) is 3.57. The number of carboxylic acids is 1. The Hall–Kier alpha value is -1.92. The summed E-state index contributed by atoms with van der Waals surface area (Å²) in [6.07, 6.45) is 0. The Morgan fingerprint density at radius 1 is 1.40 bits per heavy atom. The third kappa shape index (κ3) is 3.55. The first-order valence-electron chi connectivity index (χ1n) is 6.26. The molecule has 2 aromatic rings. The molecule has 1 N–H and O–H groups in total. The zero-order valence-electron chi connectivity index (χ0n) is 11.4. The fourth-order valence-corrected chi connectivity index (χ4v) is 2.44. The lowest BCUT2D eigenvalue weighted by Gasteiger charge is -2.11. The van der Waals surface area contributed by atoms with Crippen molar-refractivity contribution in [3.63, 3.8) is 0 Å². The maximum Gasteiger partial charge on any atom is 0.137 e. The van der Waals surface area contributed by atoms with Gasteiger partial charge in [0.2, 0.25) is 0 Å². The zero-order valence-corrected chi connectivity index (χ0v) is 12.2. The van der Waals surface area contributed by atoms with Gasteiger partial charge in [0.15, 0.2) is 0 Å². The van der Waals surface area contributed by atoms with Gasteiger partial charge in [-0.15, -0.1) is 11.3 Å². The van der Waals surface area contributed by atoms with E-state index in [9.17, 15) is 9.90 Å². The number of benzene rings is 1. The summed E-state index contributed by atoms with van der Waals surface area (Å²) in [7, 11) is 4.12. The molecule has 1 aromatic heterocycles. The number of aromatic carboxylic acids is 1. The zero-order chi connectivity index (χ0) is 14.5. The lowest BCUT2D eigenvalue weighted by Crippen LogP contribution is -3.06. The summed E-state index contributed by atoms with van der Waals surface area (Å²) in [4.78, 5) is 16.1. The molecule has 0 unspecified atom stereocenters. The van der Waals surface area contributed by atoms with E-state index in [4.69, 9.17) is 4.74 Å². The van der Waals surface area contributed by atoms with Crippen molar-refractivity contribution >= 4 is 17.3 Å². The number of hydrogen-bond acceptors (Lipinski definition) is 5. The topological polar surface area (TPSA) is 66.7 Å². The van der Waals surface area contributed by atoms with Gasteiger partial charge in [-0.3, -0.25) is 0 Å². The van der Waals surface area contributed by atoms with Crippen molar-refractivity contribution in [1.29, 1.82) is 0 Å². The molecule has 0 bridgehead atoms. The number of para-hydroxylation sites is 1. The number of hydrogen-bond donors (Lipinski definition) is 1. The summed E-state index contributed by atoms with van der Waals surface area (Å²) in [6.45, 7) is 1.48. The van der Waals surface area contributed by atoms with Gasteiger partial charge >= 0.3 is 0 Å². The van der Waals surface area contributed by atoms with Gasteiger partial charge in [-0.05, 0) is 12.1 Å². The highest BCUT2D eigenvalue weighted by Gasteiger charge is 2.11. The minimum atomic E-state index is -1.26. The van der Waals surface area contributed by atoms with Crippen LogP contribution in [0, 0.1) is 0 Å². The quantitative estimate of drug-likeness (QED) is 0.793. The average molecular weight is 292 g/mol. The molecule has 1 aromatic carbocycles. The number of likely N-dealkylation sites (N-methyl/N-ethyl adjacent to an activating group) is 1. The Morgan fingerprint density at radius 3 is 2.80 bits per heavy atom. The number of thiazole rings is 1. The van der Waals surface area contributed by atoms with E-state index in [1.807, 2.05) is 24.3 Å². The Kier molecular flexibility index (Phi) is 4.70. The number of carbonyl (C=O) groups is 1. The molecule has 0 aliphatic rings. The SMILES string of the molecule is C[NH+](C)CCOc1ccccc1-c1nc(C(=O)[O-])cs1. The fraction of sp³-hybridized carbons (Fsp3) is 0.286. The molecule has 0 fully saturated rings. The number of carboxylic acid groups (broad SMARTS) is 1. The van der Waals surface area contributed by atoms with Crippen molar-refractivity contribution in [2.24, 2.45) is 0 Å². The van der Waals surface area contributed by atoms with Crippen molar-refractivity contribution in [2.75, 3.05) is 27.2 Å². The molecule has 6 heteroatoms. The highest BCUT2D eigenvalue weighted by atomic mass is 32.1. The van der Waals surface area contributed by atoms with Crippen LogP contribution < -0.4 is 14.7 Å². The van der Waals surface area contributed by atoms with Gasteiger partial charge < -0.3 is 19.5 Å². The van der Waals surface area contributed by atoms with Crippen LogP contribution in [-0.2, 0) is 0 Å². The van der Waals surface area contributed by atoms with E-state index in [2.05, 4.69) is 19.1 Å². The van der Waals surface area contributed by atoms with Gasteiger partial charge in [-0.1, -0.05) is 12.1 Å². The third-order valence-electron chi connectivity index (χ3n) is 2.69. The van der Waals surface area contributed by atoms with Gasteiger partial charge in [-0.25, -0.2) is 4.98 Å². The van der Waals surface area contributed by atoms with E-state index in [0.717, 1.165) is 12.1 Å². The monoisotopic (exact) mass is 292 g/mol. The van der Waals surface area contributed by atoms with Crippen LogP contribution in [0.4, 0.5) is 0 Å². The van der Waals surface area contributed by atoms with E-state index in [0.29, 0.717) is 17.4 Å². The normalized spacial score (nSPS) is 10.8. The lowest BCUT2D eigenvalue weighted by molar-refractivity contribution is -0.858. The van der Waals surface area contributed by atoms with Crippen LogP contribution in [0.2, 0.25) is 0 Å². The maximum atomic E-state index is 10.8. The number of rotatable bonds is 6. The molecule has 20 heavy (non-hydrogen) atoms. The molecule has 0 saturated heterocycles. The molecular weight excluding hydrogens is 276 g/mol. The predicted molar refractivity (Wildman–Crippen MR) is 75.1 cm³/mol. The number of aromatic nitrogens is 1. The highest BCUT2D eigenvalue weighted by molar-refractivity contribution is 7.13. The second-order valence-corrected chi connectivity index (χ2v) is 5.49.